The van der Waals surface area contributed by atoms with E-state index < -0.39 is 17.7 Å². The molecule has 3 nitrogen and oxygen atoms in total. The third-order valence-corrected chi connectivity index (χ3v) is 4.94. The SMILES string of the molecule is CC1CC(C)CC(Oc2ccc3cc(C(=O)O)ccc3c2C(F)(F)F)C1. The second-order valence-electron chi connectivity index (χ2n) is 7.33. The fourth-order valence-corrected chi connectivity index (χ4v) is 3.98. The second kappa shape index (κ2) is 6.82. The van der Waals surface area contributed by atoms with E-state index in [2.05, 4.69) is 13.8 Å². The molecule has 0 radical (unpaired) electrons. The molecule has 140 valence electrons. The van der Waals surface area contributed by atoms with Gasteiger partial charge in [0.2, 0.25) is 0 Å². The van der Waals surface area contributed by atoms with Gasteiger partial charge in [-0.25, -0.2) is 4.79 Å². The average Bonchev–Trinajstić information content (AvgIpc) is 2.51. The molecule has 3 rings (SSSR count). The van der Waals surface area contributed by atoms with Crippen LogP contribution in [0.25, 0.3) is 10.8 Å². The van der Waals surface area contributed by atoms with Crippen LogP contribution in [0.5, 0.6) is 5.75 Å². The summed E-state index contributed by atoms with van der Waals surface area (Å²) in [6.07, 6.45) is -2.31. The summed E-state index contributed by atoms with van der Waals surface area (Å²) in [6.45, 7) is 4.18. The van der Waals surface area contributed by atoms with Gasteiger partial charge in [0, 0.05) is 0 Å². The average molecular weight is 366 g/mol. The quantitative estimate of drug-likeness (QED) is 0.751. The molecule has 0 bridgehead atoms. The predicted octanol–water partition coefficient (Wildman–Crippen LogP) is 5.76. The van der Waals surface area contributed by atoms with E-state index in [1.54, 1.807) is 0 Å². The number of halogens is 3. The van der Waals surface area contributed by atoms with Crippen molar-refractivity contribution in [3.63, 3.8) is 0 Å². The number of ether oxygens (including phenoxy) is 1. The summed E-state index contributed by atoms with van der Waals surface area (Å²) in [5, 5.41) is 9.23. The van der Waals surface area contributed by atoms with Crippen molar-refractivity contribution in [2.75, 3.05) is 0 Å². The monoisotopic (exact) mass is 366 g/mol. The zero-order valence-corrected chi connectivity index (χ0v) is 14.6. The number of aromatic carboxylic acids is 1. The summed E-state index contributed by atoms with van der Waals surface area (Å²) in [4.78, 5) is 11.1. The molecular formula is C20H21F3O3. The maximum Gasteiger partial charge on any atom is 0.420 e. The van der Waals surface area contributed by atoms with Crippen LogP contribution >= 0.6 is 0 Å². The molecule has 1 aliphatic carbocycles. The van der Waals surface area contributed by atoms with E-state index in [4.69, 9.17) is 9.84 Å². The van der Waals surface area contributed by atoms with E-state index >= 15 is 0 Å². The first-order valence-electron chi connectivity index (χ1n) is 8.69. The molecule has 2 aromatic rings. The molecule has 1 fully saturated rings. The molecule has 0 aliphatic heterocycles. The van der Waals surface area contributed by atoms with E-state index in [1.807, 2.05) is 0 Å². The maximum absolute atomic E-state index is 13.7. The van der Waals surface area contributed by atoms with Gasteiger partial charge in [-0.2, -0.15) is 13.2 Å². The Balaban J connectivity index is 2.04. The van der Waals surface area contributed by atoms with Gasteiger partial charge in [-0.05, 0) is 60.1 Å². The minimum atomic E-state index is -4.59. The molecule has 1 saturated carbocycles. The lowest BCUT2D eigenvalue weighted by atomic mass is 9.82. The normalized spacial score (nSPS) is 23.8. The lowest BCUT2D eigenvalue weighted by Gasteiger charge is -2.32. The number of carboxylic acid groups (broad SMARTS) is 1. The highest BCUT2D eigenvalue weighted by Gasteiger charge is 2.37. The molecule has 0 aromatic heterocycles. The number of alkyl halides is 3. The molecular weight excluding hydrogens is 345 g/mol. The van der Waals surface area contributed by atoms with Gasteiger partial charge in [0.15, 0.2) is 0 Å². The summed E-state index contributed by atoms with van der Waals surface area (Å²) < 4.78 is 47.0. The highest BCUT2D eigenvalue weighted by Crippen LogP contribution is 2.43. The van der Waals surface area contributed by atoms with Crippen molar-refractivity contribution >= 4 is 16.7 Å². The molecule has 0 spiro atoms. The molecule has 1 N–H and O–H groups in total. The van der Waals surface area contributed by atoms with Crippen molar-refractivity contribution in [3.8, 4) is 5.75 Å². The summed E-state index contributed by atoms with van der Waals surface area (Å²) in [5.74, 6) is -0.529. The number of benzene rings is 2. The van der Waals surface area contributed by atoms with Crippen LogP contribution in [-0.4, -0.2) is 17.2 Å². The fraction of sp³-hybridized carbons (Fsp3) is 0.450. The van der Waals surface area contributed by atoms with E-state index in [-0.39, 0.29) is 28.2 Å². The van der Waals surface area contributed by atoms with Crippen LogP contribution in [0.4, 0.5) is 13.2 Å². The number of carboxylic acids is 1. The highest BCUT2D eigenvalue weighted by atomic mass is 19.4. The van der Waals surface area contributed by atoms with Crippen molar-refractivity contribution in [1.82, 2.24) is 0 Å². The van der Waals surface area contributed by atoms with Crippen LogP contribution in [0, 0.1) is 11.8 Å². The molecule has 2 atom stereocenters. The van der Waals surface area contributed by atoms with Crippen LogP contribution < -0.4 is 4.74 Å². The Morgan fingerprint density at radius 1 is 1.08 bits per heavy atom. The van der Waals surface area contributed by atoms with E-state index in [1.165, 1.54) is 30.3 Å². The van der Waals surface area contributed by atoms with Crippen molar-refractivity contribution in [2.45, 2.75) is 45.4 Å². The largest absolute Gasteiger partial charge is 0.490 e. The molecule has 1 aliphatic rings. The summed E-state index contributed by atoms with van der Waals surface area (Å²) >= 11 is 0. The minimum absolute atomic E-state index is 0.0445. The first-order valence-corrected chi connectivity index (χ1v) is 8.69. The van der Waals surface area contributed by atoms with Gasteiger partial charge in [-0.3, -0.25) is 0 Å². The van der Waals surface area contributed by atoms with Gasteiger partial charge in [-0.1, -0.05) is 26.0 Å². The van der Waals surface area contributed by atoms with E-state index in [0.29, 0.717) is 11.8 Å². The molecule has 2 unspecified atom stereocenters. The molecule has 6 heteroatoms. The summed E-state index contributed by atoms with van der Waals surface area (Å²) in [6, 6.07) is 6.44. The molecule has 0 heterocycles. The Bertz CT molecular complexity index is 819. The van der Waals surface area contributed by atoms with Gasteiger partial charge in [0.25, 0.3) is 0 Å². The van der Waals surface area contributed by atoms with Gasteiger partial charge in [-0.15, -0.1) is 0 Å². The zero-order valence-electron chi connectivity index (χ0n) is 14.6. The van der Waals surface area contributed by atoms with Crippen LogP contribution in [0.3, 0.4) is 0 Å². The van der Waals surface area contributed by atoms with E-state index in [9.17, 15) is 18.0 Å². The maximum atomic E-state index is 13.7. The van der Waals surface area contributed by atoms with Crippen LogP contribution in [0.15, 0.2) is 30.3 Å². The number of carbonyl (C=O) groups is 1. The van der Waals surface area contributed by atoms with Crippen molar-refractivity contribution in [3.05, 3.63) is 41.5 Å². The number of hydrogen-bond acceptors (Lipinski definition) is 2. The smallest absolute Gasteiger partial charge is 0.420 e. The first kappa shape index (κ1) is 18.5. The standard InChI is InChI=1S/C20H21F3O3/c1-11-7-12(2)9-15(8-11)26-17-6-4-13-10-14(19(24)25)3-5-16(13)18(17)20(21,22)23/h3-6,10-12,15H,7-9H2,1-2H3,(H,24,25). The topological polar surface area (TPSA) is 46.5 Å². The minimum Gasteiger partial charge on any atom is -0.490 e. The van der Waals surface area contributed by atoms with Crippen LogP contribution in [0.1, 0.15) is 49.0 Å². The van der Waals surface area contributed by atoms with Gasteiger partial charge < -0.3 is 9.84 Å². The zero-order chi connectivity index (χ0) is 19.1. The van der Waals surface area contributed by atoms with E-state index in [0.717, 1.165) is 19.3 Å². The molecule has 0 saturated heterocycles. The summed E-state index contributed by atoms with van der Waals surface area (Å²) in [5.41, 5.74) is -0.882. The lowest BCUT2D eigenvalue weighted by molar-refractivity contribution is -0.138. The molecule has 2 aromatic carbocycles. The lowest BCUT2D eigenvalue weighted by Crippen LogP contribution is -2.29. The van der Waals surface area contributed by atoms with Crippen LogP contribution in [0.2, 0.25) is 0 Å². The molecule has 26 heavy (non-hydrogen) atoms. The Morgan fingerprint density at radius 3 is 2.31 bits per heavy atom. The van der Waals surface area contributed by atoms with Crippen molar-refractivity contribution < 1.29 is 27.8 Å². The van der Waals surface area contributed by atoms with Crippen molar-refractivity contribution in [1.29, 1.82) is 0 Å². The number of hydrogen-bond donors (Lipinski definition) is 1. The molecule has 0 amide bonds. The van der Waals surface area contributed by atoms with Crippen LogP contribution in [-0.2, 0) is 6.18 Å². The van der Waals surface area contributed by atoms with Gasteiger partial charge >= 0.3 is 12.1 Å². The second-order valence-corrected chi connectivity index (χ2v) is 7.33. The van der Waals surface area contributed by atoms with Crippen molar-refractivity contribution in [2.24, 2.45) is 11.8 Å². The summed E-state index contributed by atoms with van der Waals surface area (Å²) in [7, 11) is 0. The fourth-order valence-electron chi connectivity index (χ4n) is 3.98. The Morgan fingerprint density at radius 2 is 1.73 bits per heavy atom. The first-order chi connectivity index (χ1) is 12.1. The third kappa shape index (κ3) is 3.79. The van der Waals surface area contributed by atoms with Gasteiger partial charge in [0.1, 0.15) is 11.3 Å². The Hall–Kier alpha value is -2.24. The van der Waals surface area contributed by atoms with Gasteiger partial charge in [0.05, 0.1) is 11.7 Å². The Kier molecular flexibility index (Phi) is 4.86. The number of rotatable bonds is 3. The Labute approximate surface area is 149 Å². The third-order valence-electron chi connectivity index (χ3n) is 4.94. The predicted molar refractivity (Wildman–Crippen MR) is 92.5 cm³/mol. The number of fused-ring (bicyclic) bond motifs is 1. The highest BCUT2D eigenvalue weighted by molar-refractivity contribution is 5.96.